The number of anilines is 1. The summed E-state index contributed by atoms with van der Waals surface area (Å²) in [5, 5.41) is 3.18. The minimum Gasteiger partial charge on any atom is -0.352 e. The van der Waals surface area contributed by atoms with Gasteiger partial charge in [0.2, 0.25) is 11.8 Å². The third-order valence-corrected chi connectivity index (χ3v) is 9.65. The number of carbonyl (C=O) groups excluding carboxylic acids is 2. The van der Waals surface area contributed by atoms with E-state index < -0.39 is 28.7 Å². The summed E-state index contributed by atoms with van der Waals surface area (Å²) in [6, 6.07) is 24.9. The van der Waals surface area contributed by atoms with Crippen LogP contribution in [0.3, 0.4) is 0 Å². The van der Waals surface area contributed by atoms with Gasteiger partial charge >= 0.3 is 10.2 Å². The van der Waals surface area contributed by atoms with Crippen LogP contribution < -0.4 is 9.62 Å². The van der Waals surface area contributed by atoms with Crippen LogP contribution in [0.25, 0.3) is 0 Å². The molecule has 218 valence electrons. The molecule has 4 rings (SSSR count). The molecule has 0 spiro atoms. The summed E-state index contributed by atoms with van der Waals surface area (Å²) in [6.45, 7) is -0.310. The highest BCUT2D eigenvalue weighted by Crippen LogP contribution is 2.23. The molecule has 3 aromatic rings. The number of hydrogen-bond acceptors (Lipinski definition) is 4. The van der Waals surface area contributed by atoms with Crippen LogP contribution in [0.1, 0.15) is 36.8 Å². The van der Waals surface area contributed by atoms with Crippen molar-refractivity contribution in [1.82, 2.24) is 14.5 Å². The van der Waals surface area contributed by atoms with Crippen molar-refractivity contribution in [2.75, 3.05) is 24.9 Å². The predicted octanol–water partition coefficient (Wildman–Crippen LogP) is 4.76. The van der Waals surface area contributed by atoms with E-state index in [9.17, 15) is 18.0 Å². The molecule has 10 heteroatoms. The Morgan fingerprint density at radius 3 is 2.05 bits per heavy atom. The predicted molar refractivity (Wildman–Crippen MR) is 165 cm³/mol. The fourth-order valence-electron chi connectivity index (χ4n) is 5.02. The van der Waals surface area contributed by atoms with Gasteiger partial charge in [0.05, 0.1) is 5.69 Å². The lowest BCUT2D eigenvalue weighted by Crippen LogP contribution is -2.55. The molecule has 1 aliphatic carbocycles. The van der Waals surface area contributed by atoms with Gasteiger partial charge in [-0.05, 0) is 48.2 Å². The highest BCUT2D eigenvalue weighted by Gasteiger charge is 2.35. The van der Waals surface area contributed by atoms with E-state index in [0.29, 0.717) is 12.1 Å². The van der Waals surface area contributed by atoms with Gasteiger partial charge in [-0.15, -0.1) is 0 Å². The second kappa shape index (κ2) is 14.1. The van der Waals surface area contributed by atoms with Crippen LogP contribution in [0.4, 0.5) is 5.69 Å². The van der Waals surface area contributed by atoms with E-state index in [-0.39, 0.29) is 18.5 Å². The first-order valence-electron chi connectivity index (χ1n) is 13.8. The van der Waals surface area contributed by atoms with Gasteiger partial charge in [-0.1, -0.05) is 89.4 Å². The number of nitrogens with one attached hydrogen (secondary N) is 1. The van der Waals surface area contributed by atoms with Crippen LogP contribution in [0.2, 0.25) is 0 Å². The Labute approximate surface area is 251 Å². The first-order chi connectivity index (χ1) is 19.6. The summed E-state index contributed by atoms with van der Waals surface area (Å²) in [6.07, 6.45) is 4.24. The van der Waals surface area contributed by atoms with Crippen molar-refractivity contribution in [1.29, 1.82) is 0 Å². The molecular weight excluding hydrogens is 604 g/mol. The van der Waals surface area contributed by atoms with Gasteiger partial charge in [-0.3, -0.25) is 9.59 Å². The van der Waals surface area contributed by atoms with Crippen LogP contribution in [-0.2, 0) is 32.8 Å². The zero-order valence-corrected chi connectivity index (χ0v) is 25.9. The number of hydrogen-bond donors (Lipinski definition) is 1. The summed E-state index contributed by atoms with van der Waals surface area (Å²) >= 11 is 3.46. The molecule has 0 heterocycles. The Morgan fingerprint density at radius 2 is 1.46 bits per heavy atom. The van der Waals surface area contributed by atoms with Gasteiger partial charge in [0.15, 0.2) is 0 Å². The van der Waals surface area contributed by atoms with Crippen molar-refractivity contribution < 1.29 is 18.0 Å². The van der Waals surface area contributed by atoms with E-state index in [1.807, 2.05) is 54.6 Å². The van der Waals surface area contributed by atoms with Gasteiger partial charge in [-0.2, -0.15) is 12.7 Å². The molecule has 1 fully saturated rings. The van der Waals surface area contributed by atoms with Crippen LogP contribution in [-0.4, -0.2) is 62.2 Å². The van der Waals surface area contributed by atoms with Gasteiger partial charge in [0, 0.05) is 37.6 Å². The summed E-state index contributed by atoms with van der Waals surface area (Å²) in [7, 11) is -1.14. The van der Waals surface area contributed by atoms with E-state index in [0.717, 1.165) is 49.9 Å². The third kappa shape index (κ3) is 8.18. The van der Waals surface area contributed by atoms with E-state index in [1.54, 1.807) is 30.3 Å². The maximum atomic E-state index is 14.3. The second-order valence-corrected chi connectivity index (χ2v) is 13.5. The smallest absolute Gasteiger partial charge is 0.304 e. The summed E-state index contributed by atoms with van der Waals surface area (Å²) < 4.78 is 29.9. The molecular formula is C31H37BrN4O4S. The van der Waals surface area contributed by atoms with Crippen LogP contribution >= 0.6 is 15.9 Å². The van der Waals surface area contributed by atoms with Crippen LogP contribution in [0.5, 0.6) is 0 Å². The Bertz CT molecular complexity index is 1400. The first kappa shape index (κ1) is 30.7. The minimum atomic E-state index is -4.01. The van der Waals surface area contributed by atoms with Crippen molar-refractivity contribution >= 4 is 43.6 Å². The highest BCUT2D eigenvalue weighted by atomic mass is 79.9. The molecule has 0 unspecified atom stereocenters. The standard InChI is InChI=1S/C31H37BrN4O4S/c1-34(2)41(39,40)36(28-15-7-4-8-16-28)23-30(37)35(22-25-17-19-26(32)20-18-25)29(21-24-11-5-3-6-12-24)31(38)33-27-13-9-10-14-27/h3-8,11-12,15-20,27,29H,9-10,13-14,21-23H2,1-2H3,(H,33,38)/t29-/m1/s1. The number of amides is 2. The van der Waals surface area contributed by atoms with Gasteiger partial charge in [0.25, 0.3) is 0 Å². The fourth-order valence-corrected chi connectivity index (χ4v) is 6.34. The number of carbonyl (C=O) groups is 2. The van der Waals surface area contributed by atoms with Crippen molar-refractivity contribution in [3.8, 4) is 0 Å². The third-order valence-electron chi connectivity index (χ3n) is 7.30. The lowest BCUT2D eigenvalue weighted by atomic mass is 10.0. The Hall–Kier alpha value is -3.21. The Kier molecular flexibility index (Phi) is 10.6. The zero-order chi connectivity index (χ0) is 29.4. The van der Waals surface area contributed by atoms with Crippen molar-refractivity contribution in [3.05, 3.63) is 101 Å². The van der Waals surface area contributed by atoms with Crippen molar-refractivity contribution in [3.63, 3.8) is 0 Å². The topological polar surface area (TPSA) is 90.0 Å². The number of nitrogens with zero attached hydrogens (tertiary/aromatic N) is 3. The van der Waals surface area contributed by atoms with Gasteiger partial charge < -0.3 is 10.2 Å². The number of rotatable bonds is 12. The molecule has 1 saturated carbocycles. The average molecular weight is 642 g/mol. The molecule has 1 aliphatic rings. The normalized spacial score (nSPS) is 14.5. The lowest BCUT2D eigenvalue weighted by Gasteiger charge is -2.35. The number of halogens is 1. The Morgan fingerprint density at radius 1 is 0.878 bits per heavy atom. The molecule has 0 aliphatic heterocycles. The summed E-state index contributed by atoms with van der Waals surface area (Å²) in [5.41, 5.74) is 2.11. The number of para-hydroxylation sites is 1. The molecule has 41 heavy (non-hydrogen) atoms. The average Bonchev–Trinajstić information content (AvgIpc) is 3.48. The quantitative estimate of drug-likeness (QED) is 0.309. The molecule has 1 N–H and O–H groups in total. The Balaban J connectivity index is 1.73. The van der Waals surface area contributed by atoms with E-state index >= 15 is 0 Å². The SMILES string of the molecule is CN(C)S(=O)(=O)N(CC(=O)N(Cc1ccc(Br)cc1)[C@H](Cc1ccccc1)C(=O)NC1CCCC1)c1ccccc1. The van der Waals surface area contributed by atoms with Crippen LogP contribution in [0.15, 0.2) is 89.4 Å². The summed E-state index contributed by atoms with van der Waals surface area (Å²) in [4.78, 5) is 29.7. The van der Waals surface area contributed by atoms with Crippen LogP contribution in [0, 0.1) is 0 Å². The highest BCUT2D eigenvalue weighted by molar-refractivity contribution is 9.10. The largest absolute Gasteiger partial charge is 0.352 e. The first-order valence-corrected chi connectivity index (χ1v) is 16.0. The molecule has 0 saturated heterocycles. The maximum absolute atomic E-state index is 14.3. The maximum Gasteiger partial charge on any atom is 0.304 e. The van der Waals surface area contributed by atoms with E-state index in [2.05, 4.69) is 21.2 Å². The fraction of sp³-hybridized carbons (Fsp3) is 0.355. The molecule has 3 aromatic carbocycles. The monoisotopic (exact) mass is 640 g/mol. The minimum absolute atomic E-state index is 0.0698. The second-order valence-electron chi connectivity index (χ2n) is 10.5. The van der Waals surface area contributed by atoms with E-state index in [1.165, 1.54) is 19.0 Å². The van der Waals surface area contributed by atoms with Crippen molar-refractivity contribution in [2.24, 2.45) is 0 Å². The van der Waals surface area contributed by atoms with Crippen molar-refractivity contribution in [2.45, 2.75) is 50.7 Å². The van der Waals surface area contributed by atoms with E-state index in [4.69, 9.17) is 0 Å². The zero-order valence-electron chi connectivity index (χ0n) is 23.4. The molecule has 0 bridgehead atoms. The molecule has 0 aromatic heterocycles. The lowest BCUT2D eigenvalue weighted by molar-refractivity contribution is -0.140. The molecule has 0 radical (unpaired) electrons. The van der Waals surface area contributed by atoms with Gasteiger partial charge in [0.1, 0.15) is 12.6 Å². The molecule has 1 atom stereocenters. The van der Waals surface area contributed by atoms with Gasteiger partial charge in [-0.25, -0.2) is 4.31 Å². The molecule has 8 nitrogen and oxygen atoms in total. The molecule has 2 amide bonds. The summed E-state index contributed by atoms with van der Waals surface area (Å²) in [5.74, 6) is -0.697. The number of benzene rings is 3.